The van der Waals surface area contributed by atoms with Crippen LogP contribution in [0.15, 0.2) is 12.7 Å². The van der Waals surface area contributed by atoms with Crippen molar-refractivity contribution in [3.05, 3.63) is 12.7 Å². The molecule has 1 saturated heterocycles. The number of phosphoric ester groups is 3. The second-order valence-electron chi connectivity index (χ2n) is 12.5. The van der Waals surface area contributed by atoms with Crippen LogP contribution in [-0.2, 0) is 50.7 Å². The molecule has 0 radical (unpaired) electrons. The van der Waals surface area contributed by atoms with Crippen molar-refractivity contribution in [2.45, 2.75) is 70.2 Å². The minimum absolute atomic E-state index is 0.0142. The van der Waals surface area contributed by atoms with E-state index in [4.69, 9.17) is 25.3 Å². The first-order valence-corrected chi connectivity index (χ1v) is 21.8. The third-order valence-electron chi connectivity index (χ3n) is 7.60. The van der Waals surface area contributed by atoms with Crippen molar-refractivity contribution in [1.29, 1.82) is 0 Å². The van der Waals surface area contributed by atoms with Crippen molar-refractivity contribution in [3.8, 4) is 0 Å². The van der Waals surface area contributed by atoms with Gasteiger partial charge in [-0.15, -0.1) is 0 Å². The second kappa shape index (κ2) is 20.3. The van der Waals surface area contributed by atoms with Crippen molar-refractivity contribution in [2.75, 3.05) is 44.3 Å². The molecular formula is C26H45N8O17P3S. The van der Waals surface area contributed by atoms with E-state index in [1.165, 1.54) is 13.8 Å². The molecule has 2 aromatic rings. The fraction of sp³-hybridized carbons (Fsp3) is 0.692. The number of thioether (sulfide) groups is 1. The van der Waals surface area contributed by atoms with E-state index in [0.717, 1.165) is 35.4 Å². The van der Waals surface area contributed by atoms with E-state index in [1.807, 2.05) is 0 Å². The van der Waals surface area contributed by atoms with Gasteiger partial charge in [-0.1, -0.05) is 25.6 Å². The Labute approximate surface area is 317 Å². The van der Waals surface area contributed by atoms with Gasteiger partial charge in [0.25, 0.3) is 0 Å². The molecule has 0 aromatic carbocycles. The van der Waals surface area contributed by atoms with Gasteiger partial charge in [0.2, 0.25) is 11.8 Å². The molecule has 0 saturated carbocycles. The monoisotopic (exact) mass is 866 g/mol. The molecule has 12 N–H and O–H groups in total. The molecule has 29 heteroatoms. The maximum absolute atomic E-state index is 12.7. The molecule has 312 valence electrons. The van der Waals surface area contributed by atoms with Crippen molar-refractivity contribution < 1.29 is 80.5 Å². The van der Waals surface area contributed by atoms with E-state index >= 15 is 0 Å². The summed E-state index contributed by atoms with van der Waals surface area (Å²) in [6.45, 7) is 0.995. The van der Waals surface area contributed by atoms with E-state index in [9.17, 15) is 57.9 Å². The molecule has 3 heterocycles. The van der Waals surface area contributed by atoms with Crippen LogP contribution >= 0.6 is 35.2 Å². The zero-order chi connectivity index (χ0) is 41.2. The smallest absolute Gasteiger partial charge is 0.386 e. The standard InChI is InChI=1S/C26H45N8O17P3S/c1-26(2,21(38)24(39)30-8-6-16(35)29-9-10-55-17(36)5-3-4-7-27)12-48-54(45,46)51-53(43,44)47-11-15-20(50-52(40,41)42)19(37)25(49-15)34-14-33-18-22(28)31-13-32-23(18)34/h13-15,19-21,25,37-38H,3-12,27H2,1-2H3,(H,29,35)(H,30,39)(H,43,44)(H,45,46)(H2,28,31,32)(H2,40,41,42)/t15-,19-,20-,21+,25-/m1/s1. The van der Waals surface area contributed by atoms with Crippen molar-refractivity contribution in [3.63, 3.8) is 0 Å². The highest BCUT2D eigenvalue weighted by Crippen LogP contribution is 2.61. The lowest BCUT2D eigenvalue weighted by Gasteiger charge is -2.30. The summed E-state index contributed by atoms with van der Waals surface area (Å²) in [7, 11) is -16.4. The zero-order valence-corrected chi connectivity index (χ0v) is 33.0. The Balaban J connectivity index is 1.49. The number of ether oxygens (including phenoxy) is 1. The molecule has 1 aliphatic rings. The van der Waals surface area contributed by atoms with Crippen LogP contribution in [0, 0.1) is 5.41 Å². The molecule has 3 rings (SSSR count). The fourth-order valence-corrected chi connectivity index (χ4v) is 8.33. The van der Waals surface area contributed by atoms with Crippen LogP contribution in [0.5, 0.6) is 0 Å². The maximum atomic E-state index is 12.7. The van der Waals surface area contributed by atoms with Crippen LogP contribution in [0.1, 0.15) is 45.8 Å². The SMILES string of the molecule is CC(C)(COP(=O)(O)OP(=O)(O)OC[C@H]1O[C@@H](n2cnc3c(N)ncnc32)[C@H](O)[C@@H]1OP(=O)(O)O)[C@@H](O)C(=O)NCCC(=O)NCCSC(=O)CCCCN. The first-order chi connectivity index (χ1) is 25.6. The van der Waals surface area contributed by atoms with Gasteiger partial charge in [-0.2, -0.15) is 4.31 Å². The highest BCUT2D eigenvalue weighted by atomic mass is 32.2. The summed E-state index contributed by atoms with van der Waals surface area (Å²) in [5, 5.41) is 26.3. The van der Waals surface area contributed by atoms with Gasteiger partial charge < -0.3 is 56.6 Å². The molecule has 2 unspecified atom stereocenters. The number of nitrogens with two attached hydrogens (primary N) is 2. The number of aliphatic hydroxyl groups excluding tert-OH is 2. The van der Waals surface area contributed by atoms with E-state index < -0.39 is 84.6 Å². The number of unbranched alkanes of at least 4 members (excludes halogenated alkanes) is 1. The summed E-state index contributed by atoms with van der Waals surface area (Å²) in [5.41, 5.74) is 9.65. The Morgan fingerprint density at radius 1 is 1.04 bits per heavy atom. The molecule has 2 aromatic heterocycles. The number of imidazole rings is 1. The van der Waals surface area contributed by atoms with Gasteiger partial charge in [-0.05, 0) is 19.4 Å². The maximum Gasteiger partial charge on any atom is 0.481 e. The summed E-state index contributed by atoms with van der Waals surface area (Å²) in [4.78, 5) is 87.2. The van der Waals surface area contributed by atoms with Crippen LogP contribution in [0.25, 0.3) is 11.2 Å². The minimum Gasteiger partial charge on any atom is -0.386 e. The van der Waals surface area contributed by atoms with E-state index in [-0.39, 0.29) is 41.6 Å². The number of fused-ring (bicyclic) bond motifs is 1. The predicted molar refractivity (Wildman–Crippen MR) is 190 cm³/mol. The average Bonchev–Trinajstić information content (AvgIpc) is 3.64. The number of aromatic nitrogens is 4. The topological polar surface area (TPSA) is 390 Å². The first kappa shape index (κ1) is 46.9. The summed E-state index contributed by atoms with van der Waals surface area (Å²) in [6, 6.07) is 0. The molecule has 55 heavy (non-hydrogen) atoms. The molecule has 1 fully saturated rings. The van der Waals surface area contributed by atoms with Gasteiger partial charge in [-0.25, -0.2) is 28.6 Å². The molecule has 2 amide bonds. The summed E-state index contributed by atoms with van der Waals surface area (Å²) in [6.07, 6.45) is -5.10. The largest absolute Gasteiger partial charge is 0.481 e. The van der Waals surface area contributed by atoms with Gasteiger partial charge in [0.1, 0.15) is 36.3 Å². The number of anilines is 1. The third-order valence-corrected chi connectivity index (χ3v) is 11.6. The van der Waals surface area contributed by atoms with Gasteiger partial charge in [0.15, 0.2) is 22.8 Å². The zero-order valence-electron chi connectivity index (χ0n) is 29.5. The van der Waals surface area contributed by atoms with Crippen LogP contribution in [0.4, 0.5) is 5.82 Å². The molecule has 1 aliphatic heterocycles. The van der Waals surface area contributed by atoms with Gasteiger partial charge >= 0.3 is 23.5 Å². The van der Waals surface area contributed by atoms with Gasteiger partial charge in [-0.3, -0.25) is 32.5 Å². The molecule has 0 bridgehead atoms. The van der Waals surface area contributed by atoms with E-state index in [0.29, 0.717) is 25.1 Å². The highest BCUT2D eigenvalue weighted by molar-refractivity contribution is 8.13. The number of nitrogens with zero attached hydrogens (tertiary/aromatic N) is 4. The Bertz CT molecular complexity index is 1780. The molecule has 7 atom stereocenters. The normalized spacial score (nSPS) is 21.8. The minimum atomic E-state index is -5.57. The first-order valence-electron chi connectivity index (χ1n) is 16.3. The number of amides is 2. The van der Waals surface area contributed by atoms with Gasteiger partial charge in [0, 0.05) is 37.1 Å². The highest BCUT2D eigenvalue weighted by Gasteiger charge is 2.50. The van der Waals surface area contributed by atoms with Crippen molar-refractivity contribution in [2.24, 2.45) is 11.1 Å². The Hall–Kier alpha value is -2.48. The van der Waals surface area contributed by atoms with Crippen LogP contribution < -0.4 is 22.1 Å². The number of hydrogen-bond donors (Lipinski definition) is 10. The summed E-state index contributed by atoms with van der Waals surface area (Å²) in [5.74, 6) is -1.10. The molecule has 0 aliphatic carbocycles. The van der Waals surface area contributed by atoms with E-state index in [1.54, 1.807) is 0 Å². The van der Waals surface area contributed by atoms with E-state index in [2.05, 4.69) is 34.4 Å². The van der Waals surface area contributed by atoms with Crippen molar-refractivity contribution in [1.82, 2.24) is 30.2 Å². The van der Waals surface area contributed by atoms with Crippen molar-refractivity contribution >= 4 is 69.1 Å². The number of phosphoric acid groups is 3. The number of carbonyl (C=O) groups is 3. The fourth-order valence-electron chi connectivity index (χ4n) is 4.78. The third kappa shape index (κ3) is 14.8. The number of aliphatic hydroxyl groups is 2. The number of hydrogen-bond acceptors (Lipinski definition) is 19. The Morgan fingerprint density at radius 3 is 2.40 bits per heavy atom. The average molecular weight is 867 g/mol. The lowest BCUT2D eigenvalue weighted by atomic mass is 9.87. The molecular weight excluding hydrogens is 821 g/mol. The molecule has 25 nitrogen and oxygen atoms in total. The number of nitrogens with one attached hydrogen (secondary N) is 2. The number of nitrogen functional groups attached to an aromatic ring is 1. The van der Waals surface area contributed by atoms with Crippen LogP contribution in [0.3, 0.4) is 0 Å². The lowest BCUT2D eigenvalue weighted by molar-refractivity contribution is -0.137. The number of carbonyl (C=O) groups excluding carboxylic acids is 3. The summed E-state index contributed by atoms with van der Waals surface area (Å²) < 4.78 is 62.0. The lowest BCUT2D eigenvalue weighted by Crippen LogP contribution is -2.46. The summed E-state index contributed by atoms with van der Waals surface area (Å²) >= 11 is 1.08. The quantitative estimate of drug-likeness (QED) is 0.0463. The van der Waals surface area contributed by atoms with Crippen LogP contribution in [0.2, 0.25) is 0 Å². The second-order valence-corrected chi connectivity index (χ2v) is 17.9. The van der Waals surface area contributed by atoms with Crippen LogP contribution in [-0.4, -0.2) is 129 Å². The Morgan fingerprint density at radius 2 is 1.73 bits per heavy atom. The molecule has 0 spiro atoms. The number of rotatable bonds is 23. The predicted octanol–water partition coefficient (Wildman–Crippen LogP) is -1.21. The Kier molecular flexibility index (Phi) is 17.3. The van der Waals surface area contributed by atoms with Gasteiger partial charge in [0.05, 0.1) is 19.5 Å².